The van der Waals surface area contributed by atoms with Crippen LogP contribution in [0.25, 0.3) is 0 Å². The SMILES string of the molecule is CC(C)Cc1noc(C2CCCN(C(=O)c3n[nH]c4c3CCC4)C2)n1. The minimum absolute atomic E-state index is 0.0334. The van der Waals surface area contributed by atoms with E-state index in [1.807, 2.05) is 4.90 Å². The van der Waals surface area contributed by atoms with Crippen molar-refractivity contribution >= 4 is 5.91 Å². The number of nitrogens with one attached hydrogen (secondary N) is 1. The first-order valence-electron chi connectivity index (χ1n) is 9.29. The summed E-state index contributed by atoms with van der Waals surface area (Å²) in [6, 6.07) is 0. The Labute approximate surface area is 147 Å². The van der Waals surface area contributed by atoms with Gasteiger partial charge in [0, 0.05) is 30.8 Å². The number of piperidine rings is 1. The Kier molecular flexibility index (Phi) is 4.31. The average Bonchev–Trinajstić information content (AvgIpc) is 3.30. The lowest BCUT2D eigenvalue weighted by Gasteiger charge is -2.30. The highest BCUT2D eigenvalue weighted by Gasteiger charge is 2.32. The van der Waals surface area contributed by atoms with Crippen LogP contribution in [0.4, 0.5) is 0 Å². The minimum Gasteiger partial charge on any atom is -0.339 e. The molecular weight excluding hydrogens is 318 g/mol. The number of aryl methyl sites for hydroxylation is 1. The average molecular weight is 343 g/mol. The van der Waals surface area contributed by atoms with Gasteiger partial charge in [0.15, 0.2) is 11.5 Å². The predicted octanol–water partition coefficient (Wildman–Crippen LogP) is 2.50. The van der Waals surface area contributed by atoms with Crippen LogP contribution in [0.5, 0.6) is 0 Å². The number of amides is 1. The number of hydrogen-bond acceptors (Lipinski definition) is 5. The van der Waals surface area contributed by atoms with E-state index in [-0.39, 0.29) is 11.8 Å². The molecule has 0 saturated carbocycles. The molecule has 1 unspecified atom stereocenters. The van der Waals surface area contributed by atoms with Gasteiger partial charge in [-0.3, -0.25) is 9.89 Å². The van der Waals surface area contributed by atoms with Crippen LogP contribution in [0.1, 0.15) is 72.5 Å². The van der Waals surface area contributed by atoms with Crippen LogP contribution in [0, 0.1) is 5.92 Å². The van der Waals surface area contributed by atoms with Gasteiger partial charge in [-0.05, 0) is 38.0 Å². The molecule has 7 heteroatoms. The van der Waals surface area contributed by atoms with Gasteiger partial charge in [-0.2, -0.15) is 10.1 Å². The van der Waals surface area contributed by atoms with Crippen LogP contribution in [-0.2, 0) is 19.3 Å². The van der Waals surface area contributed by atoms with Crippen molar-refractivity contribution in [2.45, 2.75) is 58.3 Å². The smallest absolute Gasteiger partial charge is 0.274 e. The molecule has 0 aromatic carbocycles. The number of aromatic amines is 1. The number of carbonyl (C=O) groups is 1. The van der Waals surface area contributed by atoms with Crippen LogP contribution < -0.4 is 0 Å². The normalized spacial score (nSPS) is 20.3. The number of rotatable bonds is 4. The molecule has 1 atom stereocenters. The molecule has 4 rings (SSSR count). The molecule has 1 amide bonds. The highest BCUT2D eigenvalue weighted by Crippen LogP contribution is 2.29. The van der Waals surface area contributed by atoms with E-state index in [1.54, 1.807) is 0 Å². The zero-order valence-corrected chi connectivity index (χ0v) is 14.9. The van der Waals surface area contributed by atoms with Gasteiger partial charge in [-0.1, -0.05) is 19.0 Å². The molecule has 1 saturated heterocycles. The molecule has 25 heavy (non-hydrogen) atoms. The summed E-state index contributed by atoms with van der Waals surface area (Å²) in [7, 11) is 0. The summed E-state index contributed by atoms with van der Waals surface area (Å²) in [5.74, 6) is 2.08. The summed E-state index contributed by atoms with van der Waals surface area (Å²) < 4.78 is 5.48. The molecule has 0 bridgehead atoms. The lowest BCUT2D eigenvalue weighted by molar-refractivity contribution is 0.0688. The van der Waals surface area contributed by atoms with E-state index in [9.17, 15) is 4.79 Å². The van der Waals surface area contributed by atoms with Gasteiger partial charge >= 0.3 is 0 Å². The Morgan fingerprint density at radius 3 is 3.08 bits per heavy atom. The van der Waals surface area contributed by atoms with Gasteiger partial charge in [0.1, 0.15) is 0 Å². The lowest BCUT2D eigenvalue weighted by Crippen LogP contribution is -2.39. The summed E-state index contributed by atoms with van der Waals surface area (Å²) in [6.45, 7) is 5.67. The van der Waals surface area contributed by atoms with E-state index >= 15 is 0 Å². The number of H-pyrrole nitrogens is 1. The quantitative estimate of drug-likeness (QED) is 0.921. The molecular formula is C18H25N5O2. The Bertz CT molecular complexity index is 763. The predicted molar refractivity (Wildman–Crippen MR) is 91.3 cm³/mol. The molecule has 2 aromatic rings. The van der Waals surface area contributed by atoms with Gasteiger partial charge in [-0.25, -0.2) is 0 Å². The maximum absolute atomic E-state index is 12.9. The number of nitrogens with zero attached hydrogens (tertiary/aromatic N) is 4. The molecule has 0 radical (unpaired) electrons. The molecule has 1 N–H and O–H groups in total. The van der Waals surface area contributed by atoms with E-state index in [4.69, 9.17) is 4.52 Å². The highest BCUT2D eigenvalue weighted by atomic mass is 16.5. The van der Waals surface area contributed by atoms with Gasteiger partial charge in [0.2, 0.25) is 5.89 Å². The van der Waals surface area contributed by atoms with E-state index in [1.165, 1.54) is 0 Å². The van der Waals surface area contributed by atoms with Crippen molar-refractivity contribution in [3.05, 3.63) is 28.7 Å². The fraction of sp³-hybridized carbons (Fsp3) is 0.667. The highest BCUT2D eigenvalue weighted by molar-refractivity contribution is 5.94. The monoisotopic (exact) mass is 343 g/mol. The van der Waals surface area contributed by atoms with E-state index in [0.717, 1.165) is 62.2 Å². The fourth-order valence-electron chi connectivity index (χ4n) is 3.89. The van der Waals surface area contributed by atoms with Crippen molar-refractivity contribution in [1.82, 2.24) is 25.2 Å². The van der Waals surface area contributed by atoms with E-state index in [0.29, 0.717) is 24.0 Å². The summed E-state index contributed by atoms with van der Waals surface area (Å²) >= 11 is 0. The first-order chi connectivity index (χ1) is 12.1. The number of aromatic nitrogens is 4. The van der Waals surface area contributed by atoms with Gasteiger partial charge in [-0.15, -0.1) is 0 Å². The third-order valence-corrected chi connectivity index (χ3v) is 5.14. The van der Waals surface area contributed by atoms with Crippen molar-refractivity contribution in [3.8, 4) is 0 Å². The van der Waals surface area contributed by atoms with Gasteiger partial charge < -0.3 is 9.42 Å². The summed E-state index contributed by atoms with van der Waals surface area (Å²) in [6.07, 6.45) is 5.80. The third kappa shape index (κ3) is 3.19. The van der Waals surface area contributed by atoms with Crippen LogP contribution in [-0.4, -0.2) is 44.2 Å². The molecule has 1 aliphatic carbocycles. The van der Waals surface area contributed by atoms with Crippen LogP contribution >= 0.6 is 0 Å². The maximum atomic E-state index is 12.9. The second-order valence-electron chi connectivity index (χ2n) is 7.62. The number of carbonyl (C=O) groups excluding carboxylic acids is 1. The van der Waals surface area contributed by atoms with Crippen molar-refractivity contribution in [1.29, 1.82) is 0 Å². The molecule has 1 fully saturated rings. The van der Waals surface area contributed by atoms with E-state index in [2.05, 4.69) is 34.2 Å². The Morgan fingerprint density at radius 1 is 1.36 bits per heavy atom. The summed E-state index contributed by atoms with van der Waals surface area (Å²) in [4.78, 5) is 19.4. The second kappa shape index (κ2) is 6.61. The molecule has 2 aliphatic rings. The number of fused-ring (bicyclic) bond motifs is 1. The summed E-state index contributed by atoms with van der Waals surface area (Å²) in [5, 5.41) is 11.4. The Hall–Kier alpha value is -2.18. The Balaban J connectivity index is 1.47. The maximum Gasteiger partial charge on any atom is 0.274 e. The second-order valence-corrected chi connectivity index (χ2v) is 7.62. The third-order valence-electron chi connectivity index (χ3n) is 5.14. The molecule has 1 aliphatic heterocycles. The van der Waals surface area contributed by atoms with Gasteiger partial charge in [0.05, 0.1) is 5.92 Å². The van der Waals surface area contributed by atoms with Crippen LogP contribution in [0.15, 0.2) is 4.52 Å². The van der Waals surface area contributed by atoms with Crippen molar-refractivity contribution in [3.63, 3.8) is 0 Å². The fourth-order valence-corrected chi connectivity index (χ4v) is 3.89. The first-order valence-corrected chi connectivity index (χ1v) is 9.29. The molecule has 0 spiro atoms. The topological polar surface area (TPSA) is 87.9 Å². The standard InChI is InChI=1S/C18H25N5O2/c1-11(2)9-15-19-17(25-22-15)12-5-4-8-23(10-12)18(24)16-13-6-3-7-14(13)20-21-16/h11-12H,3-10H2,1-2H3,(H,20,21). The first kappa shape index (κ1) is 16.3. The minimum atomic E-state index is 0.0334. The zero-order valence-electron chi connectivity index (χ0n) is 14.9. The summed E-state index contributed by atoms with van der Waals surface area (Å²) in [5.41, 5.74) is 2.86. The van der Waals surface area contributed by atoms with Crippen LogP contribution in [0.3, 0.4) is 0 Å². The van der Waals surface area contributed by atoms with Gasteiger partial charge in [0.25, 0.3) is 5.91 Å². The van der Waals surface area contributed by atoms with Crippen molar-refractivity contribution in [2.24, 2.45) is 5.92 Å². The van der Waals surface area contributed by atoms with E-state index < -0.39 is 0 Å². The number of hydrogen-bond donors (Lipinski definition) is 1. The largest absolute Gasteiger partial charge is 0.339 e. The molecule has 3 heterocycles. The number of likely N-dealkylation sites (tertiary alicyclic amines) is 1. The van der Waals surface area contributed by atoms with Crippen molar-refractivity contribution < 1.29 is 9.32 Å². The van der Waals surface area contributed by atoms with Crippen LogP contribution in [0.2, 0.25) is 0 Å². The zero-order chi connectivity index (χ0) is 17.4. The molecule has 134 valence electrons. The molecule has 7 nitrogen and oxygen atoms in total. The lowest BCUT2D eigenvalue weighted by atomic mass is 9.97. The molecule has 2 aromatic heterocycles. The Morgan fingerprint density at radius 2 is 2.24 bits per heavy atom. The van der Waals surface area contributed by atoms with Crippen molar-refractivity contribution in [2.75, 3.05) is 13.1 Å².